The van der Waals surface area contributed by atoms with Gasteiger partial charge < -0.3 is 10.5 Å². The van der Waals surface area contributed by atoms with Crippen LogP contribution in [0.15, 0.2) is 58.5 Å². The van der Waals surface area contributed by atoms with Gasteiger partial charge in [0.1, 0.15) is 5.75 Å². The molecule has 0 unspecified atom stereocenters. The molecule has 0 aliphatic rings. The topological polar surface area (TPSA) is 59.6 Å². The first-order valence-electron chi connectivity index (χ1n) is 6.83. The Hall–Kier alpha value is -1.76. The van der Waals surface area contributed by atoms with Crippen LogP contribution in [0.5, 0.6) is 5.75 Å². The molecule has 3 N–H and O–H groups in total. The molecule has 23 heavy (non-hydrogen) atoms. The Morgan fingerprint density at radius 2 is 2.09 bits per heavy atom. The summed E-state index contributed by atoms with van der Waals surface area (Å²) in [5.74, 6) is 1.64. The summed E-state index contributed by atoms with van der Waals surface area (Å²) in [6, 6.07) is 15.4. The van der Waals surface area contributed by atoms with Crippen LogP contribution in [-0.4, -0.2) is 23.7 Å². The zero-order chi connectivity index (χ0) is 16.5. The summed E-state index contributed by atoms with van der Waals surface area (Å²) in [7, 11) is 0. The minimum Gasteiger partial charge on any atom is -0.493 e. The van der Waals surface area contributed by atoms with Crippen molar-refractivity contribution in [1.29, 1.82) is 0 Å². The summed E-state index contributed by atoms with van der Waals surface area (Å²) in [6.07, 6.45) is 1.63. The Bertz CT molecular complexity index is 677. The first kappa shape index (κ1) is 17.6. The highest BCUT2D eigenvalue weighted by atomic mass is 35.5. The van der Waals surface area contributed by atoms with E-state index < -0.39 is 0 Å². The average molecular weight is 366 g/mol. The van der Waals surface area contributed by atoms with E-state index >= 15 is 0 Å². The second kappa shape index (κ2) is 9.39. The van der Waals surface area contributed by atoms with Gasteiger partial charge in [0.05, 0.1) is 12.8 Å². The molecule has 0 atom stereocenters. The minimum atomic E-state index is 0.132. The highest BCUT2D eigenvalue weighted by Gasteiger charge is 1.98. The summed E-state index contributed by atoms with van der Waals surface area (Å²) in [6.45, 7) is 0.610. The molecule has 0 fully saturated rings. The van der Waals surface area contributed by atoms with Crippen molar-refractivity contribution in [3.63, 3.8) is 0 Å². The van der Waals surface area contributed by atoms with Gasteiger partial charge in [-0.2, -0.15) is 5.10 Å². The monoisotopic (exact) mass is 365 g/mol. The Balaban J connectivity index is 1.78. The van der Waals surface area contributed by atoms with Crippen molar-refractivity contribution in [1.82, 2.24) is 5.43 Å². The van der Waals surface area contributed by atoms with Crippen molar-refractivity contribution >= 4 is 46.9 Å². The van der Waals surface area contributed by atoms with E-state index in [1.165, 1.54) is 4.90 Å². The van der Waals surface area contributed by atoms with Gasteiger partial charge in [0.2, 0.25) is 0 Å². The van der Waals surface area contributed by atoms with Gasteiger partial charge in [-0.05, 0) is 54.2 Å². The lowest BCUT2D eigenvalue weighted by molar-refractivity contribution is 0.344. The molecule has 120 valence electrons. The fourth-order valence-electron chi connectivity index (χ4n) is 1.70. The van der Waals surface area contributed by atoms with Crippen molar-refractivity contribution < 1.29 is 4.74 Å². The number of benzene rings is 2. The van der Waals surface area contributed by atoms with E-state index in [-0.39, 0.29) is 5.11 Å². The number of hydrogen-bond acceptors (Lipinski definition) is 4. The Kier molecular flexibility index (Phi) is 7.19. The van der Waals surface area contributed by atoms with Crippen molar-refractivity contribution in [2.24, 2.45) is 10.8 Å². The molecule has 0 aliphatic heterocycles. The van der Waals surface area contributed by atoms with Crippen LogP contribution < -0.4 is 15.9 Å². The second-order valence-electron chi connectivity index (χ2n) is 4.46. The largest absolute Gasteiger partial charge is 0.493 e. The lowest BCUT2D eigenvalue weighted by atomic mass is 10.2. The summed E-state index contributed by atoms with van der Waals surface area (Å²) >= 11 is 12.3. The third-order valence-electron chi connectivity index (χ3n) is 2.68. The number of hydrazone groups is 1. The number of nitrogens with two attached hydrogens (primary N) is 1. The molecule has 0 heterocycles. The number of thiocarbonyl (C=S) groups is 1. The minimum absolute atomic E-state index is 0.132. The van der Waals surface area contributed by atoms with Gasteiger partial charge in [-0.25, -0.2) is 0 Å². The van der Waals surface area contributed by atoms with Crippen LogP contribution in [0.4, 0.5) is 0 Å². The molecule has 4 nitrogen and oxygen atoms in total. The van der Waals surface area contributed by atoms with Gasteiger partial charge in [-0.3, -0.25) is 5.43 Å². The predicted molar refractivity (Wildman–Crippen MR) is 102 cm³/mol. The second-order valence-corrected chi connectivity index (χ2v) is 6.50. The summed E-state index contributed by atoms with van der Waals surface area (Å²) in [4.78, 5) is 1.17. The van der Waals surface area contributed by atoms with Gasteiger partial charge in [-0.15, -0.1) is 11.8 Å². The number of thioether (sulfide) groups is 1. The van der Waals surface area contributed by atoms with Crippen LogP contribution in [0.2, 0.25) is 5.02 Å². The fraction of sp³-hybridized carbons (Fsp3) is 0.125. The zero-order valence-corrected chi connectivity index (χ0v) is 14.6. The quantitative estimate of drug-likeness (QED) is 0.258. The lowest BCUT2D eigenvalue weighted by Crippen LogP contribution is -2.23. The Labute approximate surface area is 150 Å². The molecular formula is C16H16ClN3OS2. The van der Waals surface area contributed by atoms with Crippen LogP contribution in [0.25, 0.3) is 0 Å². The van der Waals surface area contributed by atoms with Crippen LogP contribution in [0.3, 0.4) is 0 Å². The van der Waals surface area contributed by atoms with Gasteiger partial charge >= 0.3 is 0 Å². The first-order valence-corrected chi connectivity index (χ1v) is 8.60. The maximum absolute atomic E-state index is 5.86. The molecule has 2 rings (SSSR count). The number of nitrogens with zero attached hydrogens (tertiary/aromatic N) is 1. The molecule has 0 spiro atoms. The lowest BCUT2D eigenvalue weighted by Gasteiger charge is -2.07. The molecule has 0 radical (unpaired) electrons. The van der Waals surface area contributed by atoms with Gasteiger partial charge in [0.25, 0.3) is 0 Å². The SMILES string of the molecule is NC(=S)N/N=C/c1cccc(OCCSc2ccc(Cl)cc2)c1. The molecule has 0 aromatic heterocycles. The van der Waals surface area contributed by atoms with E-state index in [9.17, 15) is 0 Å². The van der Waals surface area contributed by atoms with Gasteiger partial charge in [0, 0.05) is 15.7 Å². The third-order valence-corrected chi connectivity index (χ3v) is 4.00. The molecule has 7 heteroatoms. The van der Waals surface area contributed by atoms with Crippen molar-refractivity contribution in [3.05, 3.63) is 59.1 Å². The fourth-order valence-corrected chi connectivity index (χ4v) is 2.61. The summed E-state index contributed by atoms with van der Waals surface area (Å²) in [5.41, 5.74) is 8.71. The van der Waals surface area contributed by atoms with E-state index in [2.05, 4.69) is 22.7 Å². The van der Waals surface area contributed by atoms with Gasteiger partial charge in [-0.1, -0.05) is 23.7 Å². The number of ether oxygens (including phenoxy) is 1. The van der Waals surface area contributed by atoms with E-state index in [1.54, 1.807) is 18.0 Å². The molecular weight excluding hydrogens is 350 g/mol. The van der Waals surface area contributed by atoms with Crippen molar-refractivity contribution in [3.8, 4) is 5.75 Å². The van der Waals surface area contributed by atoms with Crippen LogP contribution in [0.1, 0.15) is 5.56 Å². The maximum Gasteiger partial charge on any atom is 0.184 e. The number of hydrogen-bond donors (Lipinski definition) is 2. The normalized spacial score (nSPS) is 10.7. The molecule has 2 aromatic carbocycles. The van der Waals surface area contributed by atoms with Crippen LogP contribution in [-0.2, 0) is 0 Å². The van der Waals surface area contributed by atoms with Crippen LogP contribution >= 0.6 is 35.6 Å². The van der Waals surface area contributed by atoms with E-state index in [1.807, 2.05) is 48.5 Å². The van der Waals surface area contributed by atoms with E-state index in [0.717, 1.165) is 22.1 Å². The number of rotatable bonds is 7. The van der Waals surface area contributed by atoms with E-state index in [4.69, 9.17) is 22.1 Å². The average Bonchev–Trinajstić information content (AvgIpc) is 2.53. The summed E-state index contributed by atoms with van der Waals surface area (Å²) < 4.78 is 5.74. The van der Waals surface area contributed by atoms with Crippen molar-refractivity contribution in [2.45, 2.75) is 4.90 Å². The molecule has 0 bridgehead atoms. The number of halogens is 1. The van der Waals surface area contributed by atoms with Crippen LogP contribution in [0, 0.1) is 0 Å². The predicted octanol–water partition coefficient (Wildman–Crippen LogP) is 3.68. The summed E-state index contributed by atoms with van der Waals surface area (Å²) in [5, 5.41) is 4.79. The van der Waals surface area contributed by atoms with Gasteiger partial charge in [0.15, 0.2) is 5.11 Å². The molecule has 2 aromatic rings. The highest BCUT2D eigenvalue weighted by molar-refractivity contribution is 7.99. The Morgan fingerprint density at radius 1 is 1.30 bits per heavy atom. The standard InChI is InChI=1S/C16H16ClN3OS2/c17-13-4-6-15(7-5-13)23-9-8-21-14-3-1-2-12(10-14)11-19-20-16(18)22/h1-7,10-11H,8-9H2,(H3,18,20,22)/b19-11+. The van der Waals surface area contributed by atoms with E-state index in [0.29, 0.717) is 6.61 Å². The molecule has 0 saturated carbocycles. The Morgan fingerprint density at radius 3 is 2.83 bits per heavy atom. The first-order chi connectivity index (χ1) is 11.1. The van der Waals surface area contributed by atoms with Crippen molar-refractivity contribution in [2.75, 3.05) is 12.4 Å². The third kappa shape index (κ3) is 6.90. The zero-order valence-electron chi connectivity index (χ0n) is 12.2. The molecule has 0 aliphatic carbocycles. The molecule has 0 saturated heterocycles. The highest BCUT2D eigenvalue weighted by Crippen LogP contribution is 2.20. The molecule has 0 amide bonds. The smallest absolute Gasteiger partial charge is 0.184 e. The maximum atomic E-state index is 5.86. The number of nitrogens with one attached hydrogen (secondary N) is 1.